The molecule has 0 amide bonds. The minimum Gasteiger partial charge on any atom is -0.458 e. The van der Waals surface area contributed by atoms with Gasteiger partial charge in [-0.25, -0.2) is 9.59 Å². The van der Waals surface area contributed by atoms with Crippen molar-refractivity contribution in [2.45, 2.75) is 37.6 Å². The highest BCUT2D eigenvalue weighted by Gasteiger charge is 2.64. The van der Waals surface area contributed by atoms with E-state index in [1.165, 1.54) is 30.3 Å². The Morgan fingerprint density at radius 2 is 1.53 bits per heavy atom. The van der Waals surface area contributed by atoms with Crippen molar-refractivity contribution in [3.63, 3.8) is 0 Å². The van der Waals surface area contributed by atoms with Crippen LogP contribution in [0.1, 0.15) is 35.7 Å². The highest BCUT2D eigenvalue weighted by atomic mass is 19.4. The summed E-state index contributed by atoms with van der Waals surface area (Å²) in [5.41, 5.74) is -3.41. The summed E-state index contributed by atoms with van der Waals surface area (Å²) in [4.78, 5) is 24.8. The number of ether oxygens (including phenoxy) is 3. The van der Waals surface area contributed by atoms with Crippen LogP contribution in [0.5, 0.6) is 0 Å². The van der Waals surface area contributed by atoms with Gasteiger partial charge in [-0.3, -0.25) is 0 Å². The Bertz CT molecular complexity index is 824. The van der Waals surface area contributed by atoms with Crippen LogP contribution in [0.3, 0.4) is 0 Å². The van der Waals surface area contributed by atoms with Gasteiger partial charge in [0.2, 0.25) is 0 Å². The number of alkyl halides is 3. The molecule has 2 aromatic carbocycles. The Morgan fingerprint density at radius 1 is 0.967 bits per heavy atom. The zero-order chi connectivity index (χ0) is 22.2. The normalized spacial score (nSPS) is 14.4. The van der Waals surface area contributed by atoms with E-state index in [1.54, 1.807) is 25.1 Å². The second-order valence-corrected chi connectivity index (χ2v) is 6.53. The van der Waals surface area contributed by atoms with E-state index in [0.717, 1.165) is 19.2 Å². The van der Waals surface area contributed by atoms with Crippen LogP contribution in [0.4, 0.5) is 13.2 Å². The second kappa shape index (κ2) is 10.2. The number of hydrogen-bond donors (Lipinski definition) is 0. The molecule has 0 bridgehead atoms. The van der Waals surface area contributed by atoms with Crippen molar-refractivity contribution < 1.29 is 37.0 Å². The van der Waals surface area contributed by atoms with Crippen molar-refractivity contribution in [1.82, 2.24) is 0 Å². The molecule has 0 aliphatic carbocycles. The number of benzene rings is 2. The average molecular weight is 424 g/mol. The summed E-state index contributed by atoms with van der Waals surface area (Å²) in [5.74, 6) is -2.28. The standard InChI is InChI=1S/C22H23F3O5/c1-3-10-18(15-29-19(26)16-11-6-4-7-12-16)30-20(27)21(28-2,22(23,24)25)17-13-8-5-9-14-17/h4-9,11-14,18H,3,10,15H2,1-2H3/t18-,21?/m0/s1. The van der Waals surface area contributed by atoms with Crippen LogP contribution in [0.25, 0.3) is 0 Å². The van der Waals surface area contributed by atoms with E-state index in [1.807, 2.05) is 0 Å². The lowest BCUT2D eigenvalue weighted by atomic mass is 9.92. The molecule has 0 aliphatic rings. The van der Waals surface area contributed by atoms with Crippen molar-refractivity contribution in [2.75, 3.05) is 13.7 Å². The quantitative estimate of drug-likeness (QED) is 0.548. The molecule has 2 atom stereocenters. The second-order valence-electron chi connectivity index (χ2n) is 6.53. The molecule has 0 saturated heterocycles. The van der Waals surface area contributed by atoms with Crippen molar-refractivity contribution in [3.8, 4) is 0 Å². The minimum atomic E-state index is -5.07. The minimum absolute atomic E-state index is 0.209. The fourth-order valence-electron chi connectivity index (χ4n) is 2.95. The molecule has 0 heterocycles. The van der Waals surface area contributed by atoms with Crippen molar-refractivity contribution in [1.29, 1.82) is 0 Å². The van der Waals surface area contributed by atoms with E-state index in [-0.39, 0.29) is 18.6 Å². The van der Waals surface area contributed by atoms with Crippen LogP contribution in [-0.4, -0.2) is 37.9 Å². The maximum absolute atomic E-state index is 14.0. The van der Waals surface area contributed by atoms with E-state index in [4.69, 9.17) is 14.2 Å². The average Bonchev–Trinajstić information content (AvgIpc) is 2.73. The first kappa shape index (κ1) is 23.4. The zero-order valence-electron chi connectivity index (χ0n) is 16.6. The van der Waals surface area contributed by atoms with Gasteiger partial charge in [-0.1, -0.05) is 61.9 Å². The molecule has 2 rings (SSSR count). The largest absolute Gasteiger partial charge is 0.458 e. The first-order valence-corrected chi connectivity index (χ1v) is 9.37. The van der Waals surface area contributed by atoms with Gasteiger partial charge >= 0.3 is 18.1 Å². The molecular formula is C22H23F3O5. The SMILES string of the molecule is CCC[C@@H](COC(=O)c1ccccc1)OC(=O)C(OC)(c1ccccc1)C(F)(F)F. The van der Waals surface area contributed by atoms with Crippen LogP contribution in [0, 0.1) is 0 Å². The number of carbonyl (C=O) groups is 2. The third-order valence-corrected chi connectivity index (χ3v) is 4.47. The summed E-state index contributed by atoms with van der Waals surface area (Å²) >= 11 is 0. The van der Waals surface area contributed by atoms with Gasteiger partial charge in [0.15, 0.2) is 0 Å². The Balaban J connectivity index is 2.21. The van der Waals surface area contributed by atoms with Crippen molar-refractivity contribution in [3.05, 3.63) is 71.8 Å². The van der Waals surface area contributed by atoms with Crippen LogP contribution >= 0.6 is 0 Å². The lowest BCUT2D eigenvalue weighted by Crippen LogP contribution is -2.52. The van der Waals surface area contributed by atoms with Gasteiger partial charge in [0.05, 0.1) is 5.56 Å². The molecular weight excluding hydrogens is 401 g/mol. The molecule has 0 aromatic heterocycles. The first-order valence-electron chi connectivity index (χ1n) is 9.37. The molecule has 5 nitrogen and oxygen atoms in total. The number of hydrogen-bond acceptors (Lipinski definition) is 5. The fraction of sp³-hybridized carbons (Fsp3) is 0.364. The van der Waals surface area contributed by atoms with E-state index in [0.29, 0.717) is 6.42 Å². The summed E-state index contributed by atoms with van der Waals surface area (Å²) in [6.07, 6.45) is -5.42. The van der Waals surface area contributed by atoms with Gasteiger partial charge < -0.3 is 14.2 Å². The molecule has 0 fully saturated rings. The van der Waals surface area contributed by atoms with Gasteiger partial charge in [-0.2, -0.15) is 13.2 Å². The predicted molar refractivity (Wildman–Crippen MR) is 103 cm³/mol. The van der Waals surface area contributed by atoms with Gasteiger partial charge in [0, 0.05) is 12.7 Å². The summed E-state index contributed by atoms with van der Waals surface area (Å²) in [5, 5.41) is 0. The number of rotatable bonds is 9. The van der Waals surface area contributed by atoms with Crippen LogP contribution in [-0.2, 0) is 24.6 Å². The topological polar surface area (TPSA) is 61.8 Å². The first-order chi connectivity index (χ1) is 14.3. The molecule has 8 heteroatoms. The molecule has 30 heavy (non-hydrogen) atoms. The predicted octanol–water partition coefficient (Wildman–Crippen LogP) is 4.66. The number of methoxy groups -OCH3 is 1. The third-order valence-electron chi connectivity index (χ3n) is 4.47. The molecule has 162 valence electrons. The maximum atomic E-state index is 14.0. The van der Waals surface area contributed by atoms with Crippen LogP contribution in [0.2, 0.25) is 0 Å². The molecule has 0 saturated carbocycles. The van der Waals surface area contributed by atoms with Gasteiger partial charge in [0.25, 0.3) is 5.60 Å². The van der Waals surface area contributed by atoms with Gasteiger partial charge in [0.1, 0.15) is 12.7 Å². The lowest BCUT2D eigenvalue weighted by Gasteiger charge is -2.33. The van der Waals surface area contributed by atoms with Crippen molar-refractivity contribution in [2.24, 2.45) is 0 Å². The Hall–Kier alpha value is -2.87. The van der Waals surface area contributed by atoms with Gasteiger partial charge in [-0.05, 0) is 18.6 Å². The van der Waals surface area contributed by atoms with Gasteiger partial charge in [-0.15, -0.1) is 0 Å². The lowest BCUT2D eigenvalue weighted by molar-refractivity contribution is -0.278. The molecule has 0 N–H and O–H groups in total. The highest BCUT2D eigenvalue weighted by Crippen LogP contribution is 2.43. The number of halogens is 3. The molecule has 0 spiro atoms. The monoisotopic (exact) mass is 424 g/mol. The summed E-state index contributed by atoms with van der Waals surface area (Å²) < 4.78 is 56.9. The molecule has 2 aromatic rings. The van der Waals surface area contributed by atoms with Crippen molar-refractivity contribution >= 4 is 11.9 Å². The van der Waals surface area contributed by atoms with Crippen LogP contribution in [0.15, 0.2) is 60.7 Å². The van der Waals surface area contributed by atoms with E-state index in [2.05, 4.69) is 0 Å². The van der Waals surface area contributed by atoms with E-state index < -0.39 is 35.4 Å². The third kappa shape index (κ3) is 5.18. The Morgan fingerprint density at radius 3 is 2.03 bits per heavy atom. The Kier molecular flexibility index (Phi) is 8.00. The summed E-state index contributed by atoms with van der Waals surface area (Å²) in [7, 11) is 0.798. The molecule has 0 aliphatic heterocycles. The van der Waals surface area contributed by atoms with E-state index in [9.17, 15) is 22.8 Å². The maximum Gasteiger partial charge on any atom is 0.432 e. The number of esters is 2. The fourth-order valence-corrected chi connectivity index (χ4v) is 2.95. The molecule has 1 unspecified atom stereocenters. The summed E-state index contributed by atoms with van der Waals surface area (Å²) in [6.45, 7) is 1.39. The smallest absolute Gasteiger partial charge is 0.432 e. The van der Waals surface area contributed by atoms with E-state index >= 15 is 0 Å². The number of carbonyl (C=O) groups excluding carboxylic acids is 2. The zero-order valence-corrected chi connectivity index (χ0v) is 16.6. The summed E-state index contributed by atoms with van der Waals surface area (Å²) in [6, 6.07) is 14.6. The Labute approximate surface area is 172 Å². The highest BCUT2D eigenvalue weighted by molar-refractivity contribution is 5.89. The molecule has 0 radical (unpaired) electrons. The van der Waals surface area contributed by atoms with Crippen LogP contribution < -0.4 is 0 Å².